The fraction of sp³-hybridized carbons (Fsp3) is 0.0857. The summed E-state index contributed by atoms with van der Waals surface area (Å²) in [6, 6.07) is 40.8. The van der Waals surface area contributed by atoms with E-state index in [2.05, 4.69) is 123 Å². The van der Waals surface area contributed by atoms with Crippen molar-refractivity contribution in [1.29, 1.82) is 0 Å². The predicted molar refractivity (Wildman–Crippen MR) is 154 cm³/mol. The van der Waals surface area contributed by atoms with Gasteiger partial charge in [0.15, 0.2) is 0 Å². The van der Waals surface area contributed by atoms with Crippen LogP contribution in [0.3, 0.4) is 0 Å². The van der Waals surface area contributed by atoms with Crippen LogP contribution in [0, 0.1) is 0 Å². The first kappa shape index (κ1) is 20.4. The minimum atomic E-state index is -0.0368. The van der Waals surface area contributed by atoms with Gasteiger partial charge in [0.1, 0.15) is 0 Å². The first-order chi connectivity index (χ1) is 17.6. The molecule has 0 atom stereocenters. The van der Waals surface area contributed by atoms with Crippen molar-refractivity contribution in [3.05, 3.63) is 120 Å². The van der Waals surface area contributed by atoms with Gasteiger partial charge in [0, 0.05) is 20.6 Å². The van der Waals surface area contributed by atoms with Crippen molar-refractivity contribution in [2.24, 2.45) is 0 Å². The molecule has 6 aromatic rings. The summed E-state index contributed by atoms with van der Waals surface area (Å²) < 4.78 is 0. The van der Waals surface area contributed by atoms with E-state index in [-0.39, 0.29) is 5.41 Å². The Balaban J connectivity index is 1.33. The normalized spacial score (nSPS) is 14.5. The number of hydrogen-bond donors (Lipinski definition) is 0. The van der Waals surface area contributed by atoms with E-state index in [1.165, 1.54) is 75.8 Å². The van der Waals surface area contributed by atoms with Crippen molar-refractivity contribution < 1.29 is 0 Å². The molecule has 0 bridgehead atoms. The van der Waals surface area contributed by atoms with Crippen LogP contribution in [0.15, 0.2) is 119 Å². The van der Waals surface area contributed by atoms with Crippen LogP contribution >= 0.6 is 11.8 Å². The molecule has 8 rings (SSSR count). The number of rotatable bonds is 1. The van der Waals surface area contributed by atoms with Crippen molar-refractivity contribution in [2.45, 2.75) is 29.1 Å². The number of hydrogen-bond acceptors (Lipinski definition) is 1. The molecule has 0 amide bonds. The molecule has 1 heteroatoms. The maximum absolute atomic E-state index is 2.46. The lowest BCUT2D eigenvalue weighted by molar-refractivity contribution is 0.661. The minimum Gasteiger partial charge on any atom is -0.0881 e. The Morgan fingerprint density at radius 1 is 0.500 bits per heavy atom. The summed E-state index contributed by atoms with van der Waals surface area (Å²) in [7, 11) is 0. The highest BCUT2D eigenvalue weighted by molar-refractivity contribution is 8.00. The Morgan fingerprint density at radius 2 is 1.17 bits per heavy atom. The fourth-order valence-electron chi connectivity index (χ4n) is 6.40. The van der Waals surface area contributed by atoms with Gasteiger partial charge in [0.25, 0.3) is 0 Å². The second-order valence-electron chi connectivity index (χ2n) is 10.6. The highest BCUT2D eigenvalue weighted by atomic mass is 32.2. The molecule has 0 spiro atoms. The van der Waals surface area contributed by atoms with Crippen LogP contribution in [0.5, 0.6) is 0 Å². The standard InChI is InChI=1S/C35H24S/c1-35(2)30-20-24(16-17-26(30)29-18-22-8-3-4-9-23(22)19-31(29)35)25-12-7-14-28-27-13-5-10-21-11-6-15-32(33(21)27)36-34(25)28/h3-20H,1-2H3. The zero-order chi connectivity index (χ0) is 24.0. The van der Waals surface area contributed by atoms with Gasteiger partial charge >= 0.3 is 0 Å². The van der Waals surface area contributed by atoms with E-state index in [0.29, 0.717) is 0 Å². The predicted octanol–water partition coefficient (Wildman–Crippen LogP) is 10.1. The maximum atomic E-state index is 2.46. The Kier molecular flexibility index (Phi) is 4.03. The van der Waals surface area contributed by atoms with E-state index in [4.69, 9.17) is 0 Å². The first-order valence-corrected chi connectivity index (χ1v) is 13.4. The lowest BCUT2D eigenvalue weighted by Gasteiger charge is -2.24. The molecule has 0 saturated heterocycles. The fourth-order valence-corrected chi connectivity index (χ4v) is 7.68. The van der Waals surface area contributed by atoms with Crippen molar-refractivity contribution in [3.63, 3.8) is 0 Å². The third-order valence-corrected chi connectivity index (χ3v) is 9.44. The SMILES string of the molecule is CC1(C)c2cc(-c3cccc4c3Sc3cccc5cccc-4c35)ccc2-c2cc3ccccc3cc21. The van der Waals surface area contributed by atoms with Crippen molar-refractivity contribution in [1.82, 2.24) is 0 Å². The molecule has 1 aliphatic heterocycles. The molecule has 0 N–H and O–H groups in total. The van der Waals surface area contributed by atoms with Crippen LogP contribution in [0.1, 0.15) is 25.0 Å². The molecule has 6 aromatic carbocycles. The second-order valence-corrected chi connectivity index (χ2v) is 11.6. The van der Waals surface area contributed by atoms with Crippen LogP contribution in [-0.2, 0) is 5.41 Å². The smallest absolute Gasteiger partial charge is 0.0279 e. The van der Waals surface area contributed by atoms with Crippen LogP contribution in [0.2, 0.25) is 0 Å². The molecule has 170 valence electrons. The van der Waals surface area contributed by atoms with Crippen LogP contribution < -0.4 is 0 Å². The Bertz CT molecular complexity index is 1880. The third kappa shape index (κ3) is 2.67. The van der Waals surface area contributed by atoms with Gasteiger partial charge in [-0.25, -0.2) is 0 Å². The summed E-state index contributed by atoms with van der Waals surface area (Å²) in [6.45, 7) is 4.75. The molecule has 2 aliphatic rings. The summed E-state index contributed by atoms with van der Waals surface area (Å²) >= 11 is 1.92. The van der Waals surface area contributed by atoms with Crippen molar-refractivity contribution in [2.75, 3.05) is 0 Å². The van der Waals surface area contributed by atoms with E-state index in [0.717, 1.165) is 0 Å². The Labute approximate surface area is 215 Å². The summed E-state index contributed by atoms with van der Waals surface area (Å²) in [5.74, 6) is 0. The Hall–Kier alpha value is -3.81. The topological polar surface area (TPSA) is 0 Å². The highest BCUT2D eigenvalue weighted by Gasteiger charge is 2.36. The van der Waals surface area contributed by atoms with Gasteiger partial charge in [-0.05, 0) is 84.9 Å². The molecule has 0 saturated carbocycles. The molecule has 1 heterocycles. The van der Waals surface area contributed by atoms with Crippen molar-refractivity contribution >= 4 is 33.3 Å². The van der Waals surface area contributed by atoms with Crippen LogP contribution in [0.4, 0.5) is 0 Å². The summed E-state index contributed by atoms with van der Waals surface area (Å²) in [4.78, 5) is 2.71. The molecule has 1 aliphatic carbocycles. The van der Waals surface area contributed by atoms with Gasteiger partial charge in [-0.3, -0.25) is 0 Å². The van der Waals surface area contributed by atoms with Gasteiger partial charge in [-0.2, -0.15) is 0 Å². The van der Waals surface area contributed by atoms with Gasteiger partial charge in [0.05, 0.1) is 0 Å². The van der Waals surface area contributed by atoms with Gasteiger partial charge in [-0.1, -0.05) is 111 Å². The zero-order valence-electron chi connectivity index (χ0n) is 20.3. The third-order valence-electron chi connectivity index (χ3n) is 8.24. The van der Waals surface area contributed by atoms with E-state index in [1.807, 2.05) is 11.8 Å². The average molecular weight is 477 g/mol. The van der Waals surface area contributed by atoms with Gasteiger partial charge in [-0.15, -0.1) is 0 Å². The number of benzene rings is 6. The lowest BCUT2D eigenvalue weighted by atomic mass is 9.81. The largest absolute Gasteiger partial charge is 0.0881 e. The lowest BCUT2D eigenvalue weighted by Crippen LogP contribution is -2.15. The van der Waals surface area contributed by atoms with E-state index in [9.17, 15) is 0 Å². The first-order valence-electron chi connectivity index (χ1n) is 12.6. The van der Waals surface area contributed by atoms with Gasteiger partial charge < -0.3 is 0 Å². The second kappa shape index (κ2) is 7.12. The molecular formula is C35H24S. The van der Waals surface area contributed by atoms with Crippen LogP contribution in [-0.4, -0.2) is 0 Å². The van der Waals surface area contributed by atoms with Gasteiger partial charge in [0.2, 0.25) is 0 Å². The molecule has 0 fully saturated rings. The summed E-state index contributed by atoms with van der Waals surface area (Å²) in [5.41, 5.74) is 10.9. The monoisotopic (exact) mass is 476 g/mol. The molecule has 0 unspecified atom stereocenters. The number of fused-ring (bicyclic) bond motifs is 6. The summed E-state index contributed by atoms with van der Waals surface area (Å²) in [5, 5.41) is 5.33. The zero-order valence-corrected chi connectivity index (χ0v) is 21.1. The average Bonchev–Trinajstić information content (AvgIpc) is 3.13. The van der Waals surface area contributed by atoms with E-state index in [1.54, 1.807) is 0 Å². The molecule has 0 nitrogen and oxygen atoms in total. The molecule has 0 radical (unpaired) electrons. The molecular weight excluding hydrogens is 452 g/mol. The minimum absolute atomic E-state index is 0.0368. The maximum Gasteiger partial charge on any atom is 0.0279 e. The highest BCUT2D eigenvalue weighted by Crippen LogP contribution is 2.54. The van der Waals surface area contributed by atoms with Crippen LogP contribution in [0.25, 0.3) is 54.9 Å². The van der Waals surface area contributed by atoms with Crippen molar-refractivity contribution in [3.8, 4) is 33.4 Å². The molecule has 36 heavy (non-hydrogen) atoms. The quantitative estimate of drug-likeness (QED) is 0.227. The van der Waals surface area contributed by atoms with E-state index >= 15 is 0 Å². The van der Waals surface area contributed by atoms with E-state index < -0.39 is 0 Å². The molecule has 0 aromatic heterocycles. The Morgan fingerprint density at radius 3 is 2.03 bits per heavy atom. The summed E-state index contributed by atoms with van der Waals surface area (Å²) in [6.07, 6.45) is 0.